The highest BCUT2D eigenvalue weighted by molar-refractivity contribution is 5.85. The number of carbonyl (C=O) groups excluding carboxylic acids is 1. The van der Waals surface area contributed by atoms with Crippen molar-refractivity contribution in [3.63, 3.8) is 0 Å². The second-order valence-corrected chi connectivity index (χ2v) is 4.05. The molecule has 1 aliphatic rings. The molecule has 0 saturated carbocycles. The van der Waals surface area contributed by atoms with E-state index in [9.17, 15) is 18.0 Å². The van der Waals surface area contributed by atoms with E-state index in [0.717, 1.165) is 10.5 Å². The summed E-state index contributed by atoms with van der Waals surface area (Å²) < 4.78 is 36.6. The van der Waals surface area contributed by atoms with Crippen molar-refractivity contribution in [2.45, 2.75) is 18.5 Å². The van der Waals surface area contributed by atoms with Gasteiger partial charge in [-0.3, -0.25) is 4.79 Å². The molecule has 91 valence electrons. The van der Waals surface area contributed by atoms with Crippen molar-refractivity contribution in [3.8, 4) is 0 Å². The van der Waals surface area contributed by atoms with Gasteiger partial charge in [0.25, 0.3) is 0 Å². The molecule has 0 aliphatic carbocycles. The molecular weight excluding hydrogens is 231 g/mol. The molecule has 1 atom stereocenters. The van der Waals surface area contributed by atoms with Crippen LogP contribution in [0.5, 0.6) is 0 Å². The number of benzene rings is 1. The minimum Gasteiger partial charge on any atom is -0.333 e. The number of carbonyl (C=O) groups is 1. The fraction of sp³-hybridized carbons (Fsp3) is 0.417. The molecule has 1 fully saturated rings. The van der Waals surface area contributed by atoms with Gasteiger partial charge in [0.1, 0.15) is 6.54 Å². The summed E-state index contributed by atoms with van der Waals surface area (Å²) in [5.74, 6) is -0.892. The Kier molecular flexibility index (Phi) is 3.09. The maximum Gasteiger partial charge on any atom is 0.406 e. The number of rotatable bonds is 2. The van der Waals surface area contributed by atoms with Gasteiger partial charge in [-0.25, -0.2) is 0 Å². The molecule has 1 unspecified atom stereocenters. The van der Waals surface area contributed by atoms with Crippen LogP contribution in [-0.2, 0) is 4.79 Å². The summed E-state index contributed by atoms with van der Waals surface area (Å²) in [6.45, 7) is -0.989. The predicted molar refractivity (Wildman–Crippen MR) is 55.3 cm³/mol. The lowest BCUT2D eigenvalue weighted by Gasteiger charge is -2.18. The zero-order chi connectivity index (χ0) is 12.5. The number of likely N-dealkylation sites (tertiary alicyclic amines) is 1. The van der Waals surface area contributed by atoms with Crippen LogP contribution in [-0.4, -0.2) is 30.1 Å². The lowest BCUT2D eigenvalue weighted by molar-refractivity contribution is -0.157. The predicted octanol–water partition coefficient (Wildman–Crippen LogP) is 2.36. The maximum atomic E-state index is 12.2. The Hall–Kier alpha value is -1.52. The van der Waals surface area contributed by atoms with Gasteiger partial charge in [-0.15, -0.1) is 0 Å². The molecule has 5 heteroatoms. The Bertz CT molecular complexity index is 402. The molecule has 1 amide bonds. The molecular formula is C12H11F3NO. The summed E-state index contributed by atoms with van der Waals surface area (Å²) >= 11 is 0. The third kappa shape index (κ3) is 2.78. The molecule has 0 N–H and O–H groups in total. The van der Waals surface area contributed by atoms with E-state index in [-0.39, 0.29) is 6.54 Å². The number of nitrogens with zero attached hydrogens (tertiary/aromatic N) is 1. The average molecular weight is 242 g/mol. The van der Waals surface area contributed by atoms with Crippen molar-refractivity contribution >= 4 is 5.91 Å². The minimum absolute atomic E-state index is 0.165. The smallest absolute Gasteiger partial charge is 0.333 e. The first-order valence-corrected chi connectivity index (χ1v) is 5.29. The Morgan fingerprint density at radius 1 is 1.47 bits per heavy atom. The third-order valence-electron chi connectivity index (χ3n) is 2.80. The molecule has 0 spiro atoms. The summed E-state index contributed by atoms with van der Waals surface area (Å²) in [7, 11) is 0. The molecule has 1 aromatic rings. The summed E-state index contributed by atoms with van der Waals surface area (Å²) in [6.07, 6.45) is -3.89. The van der Waals surface area contributed by atoms with Crippen LogP contribution >= 0.6 is 0 Å². The van der Waals surface area contributed by atoms with Gasteiger partial charge in [0, 0.05) is 6.54 Å². The summed E-state index contributed by atoms with van der Waals surface area (Å²) in [6, 6.07) is 9.65. The molecule has 1 saturated heterocycles. The van der Waals surface area contributed by atoms with Crippen molar-refractivity contribution in [2.24, 2.45) is 0 Å². The Morgan fingerprint density at radius 2 is 2.24 bits per heavy atom. The zero-order valence-electron chi connectivity index (χ0n) is 9.00. The Morgan fingerprint density at radius 3 is 2.82 bits per heavy atom. The van der Waals surface area contributed by atoms with Gasteiger partial charge >= 0.3 is 6.18 Å². The van der Waals surface area contributed by atoms with Gasteiger partial charge in [-0.2, -0.15) is 13.2 Å². The molecule has 1 aliphatic heterocycles. The molecule has 1 radical (unpaired) electrons. The summed E-state index contributed by atoms with van der Waals surface area (Å²) in [5, 5.41) is 0. The van der Waals surface area contributed by atoms with Crippen LogP contribution in [0.25, 0.3) is 0 Å². The first-order valence-electron chi connectivity index (χ1n) is 5.29. The van der Waals surface area contributed by atoms with E-state index in [1.807, 2.05) is 0 Å². The van der Waals surface area contributed by atoms with Gasteiger partial charge in [0.15, 0.2) is 0 Å². The molecule has 2 rings (SSSR count). The van der Waals surface area contributed by atoms with Crippen molar-refractivity contribution in [2.75, 3.05) is 13.1 Å². The SMILES string of the molecule is O=C1C(c2c[c]ccc2)CCN1CC(F)(F)F. The number of amides is 1. The topological polar surface area (TPSA) is 20.3 Å². The average Bonchev–Trinajstić information content (AvgIpc) is 2.60. The van der Waals surface area contributed by atoms with E-state index >= 15 is 0 Å². The van der Waals surface area contributed by atoms with Crippen LogP contribution < -0.4 is 0 Å². The monoisotopic (exact) mass is 242 g/mol. The van der Waals surface area contributed by atoms with E-state index in [1.165, 1.54) is 0 Å². The van der Waals surface area contributed by atoms with E-state index in [0.29, 0.717) is 6.42 Å². The number of hydrogen-bond donors (Lipinski definition) is 0. The zero-order valence-corrected chi connectivity index (χ0v) is 9.00. The molecule has 2 nitrogen and oxygen atoms in total. The van der Waals surface area contributed by atoms with E-state index < -0.39 is 24.5 Å². The summed E-state index contributed by atoms with van der Waals surface area (Å²) in [4.78, 5) is 12.7. The van der Waals surface area contributed by atoms with Crippen molar-refractivity contribution in [3.05, 3.63) is 35.9 Å². The van der Waals surface area contributed by atoms with Crippen LogP contribution in [0.2, 0.25) is 0 Å². The standard InChI is InChI=1S/C12H11F3NO/c13-12(14,15)8-16-7-6-10(11(16)17)9-4-2-1-3-5-9/h1-2,4-5,10H,6-8H2. The second-order valence-electron chi connectivity index (χ2n) is 4.05. The molecule has 1 aromatic carbocycles. The fourth-order valence-corrected chi connectivity index (χ4v) is 2.05. The summed E-state index contributed by atoms with van der Waals surface area (Å²) in [5.41, 5.74) is 0.738. The van der Waals surface area contributed by atoms with Crippen molar-refractivity contribution in [1.82, 2.24) is 4.90 Å². The fourth-order valence-electron chi connectivity index (χ4n) is 2.05. The van der Waals surface area contributed by atoms with Crippen LogP contribution in [0.15, 0.2) is 24.3 Å². The third-order valence-corrected chi connectivity index (χ3v) is 2.80. The number of alkyl halides is 3. The number of halogens is 3. The quantitative estimate of drug-likeness (QED) is 0.779. The first kappa shape index (κ1) is 12.0. The van der Waals surface area contributed by atoms with E-state index in [2.05, 4.69) is 6.07 Å². The van der Waals surface area contributed by atoms with Crippen LogP contribution in [0.1, 0.15) is 17.9 Å². The Labute approximate surface area is 97.0 Å². The lowest BCUT2D eigenvalue weighted by Crippen LogP contribution is -2.36. The van der Waals surface area contributed by atoms with Gasteiger partial charge in [0.2, 0.25) is 5.91 Å². The molecule has 0 aromatic heterocycles. The number of hydrogen-bond acceptors (Lipinski definition) is 1. The van der Waals surface area contributed by atoms with Gasteiger partial charge in [-0.05, 0) is 18.1 Å². The van der Waals surface area contributed by atoms with Crippen LogP contribution in [0.4, 0.5) is 13.2 Å². The van der Waals surface area contributed by atoms with Crippen LogP contribution in [0, 0.1) is 6.07 Å². The second kappa shape index (κ2) is 4.39. The van der Waals surface area contributed by atoms with Gasteiger partial charge in [-0.1, -0.05) is 24.3 Å². The van der Waals surface area contributed by atoms with Crippen molar-refractivity contribution in [1.29, 1.82) is 0 Å². The highest BCUT2D eigenvalue weighted by atomic mass is 19.4. The van der Waals surface area contributed by atoms with E-state index in [4.69, 9.17) is 0 Å². The van der Waals surface area contributed by atoms with Crippen molar-refractivity contribution < 1.29 is 18.0 Å². The van der Waals surface area contributed by atoms with Crippen LogP contribution in [0.3, 0.4) is 0 Å². The molecule has 17 heavy (non-hydrogen) atoms. The molecule has 1 heterocycles. The largest absolute Gasteiger partial charge is 0.406 e. The normalized spacial score (nSPS) is 21.0. The van der Waals surface area contributed by atoms with Gasteiger partial charge in [0.05, 0.1) is 5.92 Å². The highest BCUT2D eigenvalue weighted by Gasteiger charge is 2.39. The lowest BCUT2D eigenvalue weighted by atomic mass is 9.98. The first-order chi connectivity index (χ1) is 7.97. The Balaban J connectivity index is 2.08. The van der Waals surface area contributed by atoms with E-state index in [1.54, 1.807) is 24.3 Å². The molecule has 0 bridgehead atoms. The minimum atomic E-state index is -4.33. The maximum absolute atomic E-state index is 12.2. The van der Waals surface area contributed by atoms with Gasteiger partial charge < -0.3 is 4.90 Å². The highest BCUT2D eigenvalue weighted by Crippen LogP contribution is 2.30.